The number of piperidine rings is 1. The Morgan fingerprint density at radius 3 is 2.84 bits per heavy atom. The molecule has 0 aromatic carbocycles. The zero-order chi connectivity index (χ0) is 22.5. The first-order valence-corrected chi connectivity index (χ1v) is 11.0. The van der Waals surface area contributed by atoms with E-state index >= 15 is 0 Å². The molecule has 32 heavy (non-hydrogen) atoms. The van der Waals surface area contributed by atoms with Gasteiger partial charge < -0.3 is 25.6 Å². The topological polar surface area (TPSA) is 139 Å². The first-order chi connectivity index (χ1) is 15.5. The number of fused-ring (bicyclic) bond motifs is 1. The van der Waals surface area contributed by atoms with Crippen LogP contribution >= 0.6 is 0 Å². The molecule has 0 saturated carbocycles. The second kappa shape index (κ2) is 10.0. The van der Waals surface area contributed by atoms with Crippen molar-refractivity contribution in [2.45, 2.75) is 44.9 Å². The Balaban J connectivity index is 1.23. The highest BCUT2D eigenvalue weighted by Crippen LogP contribution is 2.16. The van der Waals surface area contributed by atoms with Gasteiger partial charge in [0.25, 0.3) is 5.91 Å². The van der Waals surface area contributed by atoms with Gasteiger partial charge in [-0.1, -0.05) is 0 Å². The lowest BCUT2D eigenvalue weighted by molar-refractivity contribution is -0.129. The molecule has 172 valence electrons. The van der Waals surface area contributed by atoms with Gasteiger partial charge in [-0.2, -0.15) is 0 Å². The fraction of sp³-hybridized carbons (Fsp3) is 0.571. The van der Waals surface area contributed by atoms with E-state index < -0.39 is 6.10 Å². The van der Waals surface area contributed by atoms with E-state index in [0.29, 0.717) is 32.0 Å². The van der Waals surface area contributed by atoms with Gasteiger partial charge in [0, 0.05) is 64.7 Å². The van der Waals surface area contributed by atoms with Crippen LogP contribution < -0.4 is 10.6 Å². The highest BCUT2D eigenvalue weighted by molar-refractivity contribution is 5.92. The van der Waals surface area contributed by atoms with Crippen LogP contribution in [-0.2, 0) is 17.8 Å². The SMILES string of the molecule is CC(=O)N1CCC(Nc2cc(C(=O)NC[C@H](O)CN3CCc4nc[nH]c4C3)ncn2)CC1. The molecular formula is C21H30N8O3. The number of likely N-dealkylation sites (tertiary alicyclic amines) is 1. The maximum absolute atomic E-state index is 12.5. The number of aliphatic hydroxyl groups is 1. The van der Waals surface area contributed by atoms with E-state index in [2.05, 4.69) is 35.5 Å². The summed E-state index contributed by atoms with van der Waals surface area (Å²) in [5, 5.41) is 16.5. The first kappa shape index (κ1) is 22.2. The summed E-state index contributed by atoms with van der Waals surface area (Å²) < 4.78 is 0. The van der Waals surface area contributed by atoms with Crippen LogP contribution in [-0.4, -0.2) is 91.5 Å². The summed E-state index contributed by atoms with van der Waals surface area (Å²) in [7, 11) is 0. The number of β-amino-alcohol motifs (C(OH)–C–C–N with tert-alkyl or cyclic N) is 1. The predicted octanol–water partition coefficient (Wildman–Crippen LogP) is -0.228. The average molecular weight is 443 g/mol. The molecule has 1 fully saturated rings. The Labute approximate surface area is 186 Å². The van der Waals surface area contributed by atoms with E-state index in [1.807, 2.05) is 4.90 Å². The lowest BCUT2D eigenvalue weighted by Crippen LogP contribution is -2.42. The number of hydrogen-bond acceptors (Lipinski definition) is 8. The predicted molar refractivity (Wildman–Crippen MR) is 117 cm³/mol. The van der Waals surface area contributed by atoms with Crippen molar-refractivity contribution in [2.24, 2.45) is 0 Å². The van der Waals surface area contributed by atoms with Gasteiger partial charge in [0.1, 0.15) is 17.8 Å². The van der Waals surface area contributed by atoms with Gasteiger partial charge >= 0.3 is 0 Å². The van der Waals surface area contributed by atoms with Crippen LogP contribution in [0.5, 0.6) is 0 Å². The summed E-state index contributed by atoms with van der Waals surface area (Å²) in [5.41, 5.74) is 2.41. The summed E-state index contributed by atoms with van der Waals surface area (Å²) in [4.78, 5) is 43.6. The number of carbonyl (C=O) groups is 2. The van der Waals surface area contributed by atoms with Crippen LogP contribution in [0.3, 0.4) is 0 Å². The number of carbonyl (C=O) groups excluding carboxylic acids is 2. The van der Waals surface area contributed by atoms with Crippen molar-refractivity contribution < 1.29 is 14.7 Å². The van der Waals surface area contributed by atoms with Gasteiger partial charge in [0.2, 0.25) is 5.91 Å². The van der Waals surface area contributed by atoms with Crippen LogP contribution in [0.25, 0.3) is 0 Å². The first-order valence-electron chi connectivity index (χ1n) is 11.0. The maximum Gasteiger partial charge on any atom is 0.270 e. The second-order valence-electron chi connectivity index (χ2n) is 8.39. The molecule has 2 amide bonds. The number of imidazole rings is 1. The molecule has 0 aliphatic carbocycles. The molecule has 2 aliphatic rings. The largest absolute Gasteiger partial charge is 0.390 e. The molecular weight excluding hydrogens is 412 g/mol. The molecule has 4 N–H and O–H groups in total. The third-order valence-corrected chi connectivity index (χ3v) is 6.01. The summed E-state index contributed by atoms with van der Waals surface area (Å²) in [6.45, 7) is 5.16. The molecule has 0 bridgehead atoms. The van der Waals surface area contributed by atoms with E-state index in [-0.39, 0.29) is 30.1 Å². The van der Waals surface area contributed by atoms with Crippen molar-refractivity contribution in [3.8, 4) is 0 Å². The number of hydrogen-bond donors (Lipinski definition) is 4. The Hall–Kier alpha value is -3.05. The van der Waals surface area contributed by atoms with Crippen molar-refractivity contribution in [3.63, 3.8) is 0 Å². The van der Waals surface area contributed by atoms with Crippen molar-refractivity contribution in [1.82, 2.24) is 35.1 Å². The molecule has 0 spiro atoms. The number of amides is 2. The molecule has 4 heterocycles. The summed E-state index contributed by atoms with van der Waals surface area (Å²) >= 11 is 0. The van der Waals surface area contributed by atoms with Gasteiger partial charge in [-0.05, 0) is 12.8 Å². The van der Waals surface area contributed by atoms with Crippen molar-refractivity contribution in [2.75, 3.05) is 38.0 Å². The van der Waals surface area contributed by atoms with Gasteiger partial charge in [0.05, 0.1) is 23.8 Å². The third-order valence-electron chi connectivity index (χ3n) is 6.01. The van der Waals surface area contributed by atoms with Crippen LogP contribution in [0.15, 0.2) is 18.7 Å². The van der Waals surface area contributed by atoms with Crippen molar-refractivity contribution in [1.29, 1.82) is 0 Å². The number of aromatic amines is 1. The number of anilines is 1. The molecule has 4 rings (SSSR count). The smallest absolute Gasteiger partial charge is 0.270 e. The Kier molecular flexibility index (Phi) is 6.96. The summed E-state index contributed by atoms with van der Waals surface area (Å²) in [6, 6.07) is 1.81. The minimum absolute atomic E-state index is 0.0953. The fourth-order valence-corrected chi connectivity index (χ4v) is 4.20. The molecule has 11 nitrogen and oxygen atoms in total. The fourth-order valence-electron chi connectivity index (χ4n) is 4.20. The van der Waals surface area contributed by atoms with Gasteiger partial charge in [0.15, 0.2) is 0 Å². The number of nitrogens with one attached hydrogen (secondary N) is 3. The molecule has 11 heteroatoms. The molecule has 0 radical (unpaired) electrons. The van der Waals surface area contributed by atoms with Crippen LogP contribution in [0, 0.1) is 0 Å². The van der Waals surface area contributed by atoms with Gasteiger partial charge in [-0.15, -0.1) is 0 Å². The quantitative estimate of drug-likeness (QED) is 0.461. The van der Waals surface area contributed by atoms with E-state index in [4.69, 9.17) is 0 Å². The van der Waals surface area contributed by atoms with Crippen LogP contribution in [0.4, 0.5) is 5.82 Å². The molecule has 1 atom stereocenters. The second-order valence-corrected chi connectivity index (χ2v) is 8.39. The number of nitrogens with zero attached hydrogens (tertiary/aromatic N) is 5. The monoisotopic (exact) mass is 442 g/mol. The van der Waals surface area contributed by atoms with Crippen molar-refractivity contribution in [3.05, 3.63) is 35.8 Å². The van der Waals surface area contributed by atoms with Crippen molar-refractivity contribution >= 4 is 17.6 Å². The lowest BCUT2D eigenvalue weighted by Gasteiger charge is -2.31. The van der Waals surface area contributed by atoms with E-state index in [0.717, 1.165) is 37.2 Å². The minimum atomic E-state index is -0.686. The van der Waals surface area contributed by atoms with Crippen LogP contribution in [0.1, 0.15) is 41.6 Å². The van der Waals surface area contributed by atoms with E-state index in [9.17, 15) is 14.7 Å². The number of aromatic nitrogens is 4. The number of rotatable bonds is 7. The highest BCUT2D eigenvalue weighted by atomic mass is 16.3. The summed E-state index contributed by atoms with van der Waals surface area (Å²) in [5.74, 6) is 0.323. The number of H-pyrrole nitrogens is 1. The summed E-state index contributed by atoms with van der Waals surface area (Å²) in [6.07, 6.45) is 4.87. The Morgan fingerprint density at radius 2 is 2.06 bits per heavy atom. The molecule has 2 aromatic heterocycles. The average Bonchev–Trinajstić information content (AvgIpc) is 3.26. The molecule has 0 unspecified atom stereocenters. The molecule has 1 saturated heterocycles. The maximum atomic E-state index is 12.5. The Morgan fingerprint density at radius 1 is 1.25 bits per heavy atom. The zero-order valence-electron chi connectivity index (χ0n) is 18.3. The lowest BCUT2D eigenvalue weighted by atomic mass is 10.1. The standard InChI is InChI=1S/C21H30N8O3/c1-14(30)29-6-2-15(3-7-29)27-20-8-18(24-13-26-20)21(32)22-9-16(31)10-28-5-4-17-19(11-28)25-12-23-17/h8,12-13,15-16,31H,2-7,9-11H2,1H3,(H,22,32)(H,23,25)(H,24,26,27)/t16-/m0/s1. The minimum Gasteiger partial charge on any atom is -0.390 e. The van der Waals surface area contributed by atoms with E-state index in [1.54, 1.807) is 19.3 Å². The normalized spacial score (nSPS) is 18.1. The Bertz CT molecular complexity index is 941. The zero-order valence-corrected chi connectivity index (χ0v) is 18.3. The van der Waals surface area contributed by atoms with Crippen LogP contribution in [0.2, 0.25) is 0 Å². The highest BCUT2D eigenvalue weighted by Gasteiger charge is 2.22. The third kappa shape index (κ3) is 5.60. The number of aliphatic hydroxyl groups excluding tert-OH is 1. The van der Waals surface area contributed by atoms with Gasteiger partial charge in [-0.3, -0.25) is 14.5 Å². The molecule has 2 aliphatic heterocycles. The van der Waals surface area contributed by atoms with E-state index in [1.165, 1.54) is 6.33 Å². The van der Waals surface area contributed by atoms with Gasteiger partial charge in [-0.25, -0.2) is 15.0 Å². The molecule has 2 aromatic rings.